The lowest BCUT2D eigenvalue weighted by Crippen LogP contribution is -2.37. The molecule has 0 aliphatic rings. The van der Waals surface area contributed by atoms with Crippen molar-refractivity contribution in [3.05, 3.63) is 33.9 Å². The van der Waals surface area contributed by atoms with Crippen LogP contribution in [0, 0.1) is 0 Å². The molecule has 0 atom stereocenters. The number of carbonyl (C=O) groups excluding carboxylic acids is 1. The molecule has 0 saturated carbocycles. The molecule has 20 heavy (non-hydrogen) atoms. The molecule has 0 aliphatic heterocycles. The van der Waals surface area contributed by atoms with Gasteiger partial charge in [-0.25, -0.2) is 4.68 Å². The zero-order valence-electron chi connectivity index (χ0n) is 11.3. The number of thiophene rings is 1. The molecule has 2 heterocycles. The maximum Gasteiger partial charge on any atom is 0.290 e. The second-order valence-corrected chi connectivity index (χ2v) is 5.59. The molecule has 0 unspecified atom stereocenters. The molecule has 0 bridgehead atoms. The third kappa shape index (κ3) is 3.24. The number of nitrogen functional groups attached to an aromatic ring is 1. The molecule has 6 nitrogen and oxygen atoms in total. The van der Waals surface area contributed by atoms with Gasteiger partial charge in [0.2, 0.25) is 5.91 Å². The van der Waals surface area contributed by atoms with Crippen LogP contribution < -0.4 is 16.6 Å². The summed E-state index contributed by atoms with van der Waals surface area (Å²) in [5.41, 5.74) is 5.93. The van der Waals surface area contributed by atoms with E-state index in [4.69, 9.17) is 5.73 Å². The molecule has 2 aromatic rings. The molecule has 7 heteroatoms. The Labute approximate surface area is 120 Å². The number of rotatable bonds is 4. The summed E-state index contributed by atoms with van der Waals surface area (Å²) in [4.78, 5) is 24.5. The molecule has 0 radical (unpaired) electrons. The Bertz CT molecular complexity index is 662. The molecule has 3 N–H and O–H groups in total. The molecule has 2 aromatic heterocycles. The minimum Gasteiger partial charge on any atom is -0.394 e. The highest BCUT2D eigenvalue weighted by Crippen LogP contribution is 2.22. The van der Waals surface area contributed by atoms with Crippen molar-refractivity contribution >= 4 is 22.9 Å². The van der Waals surface area contributed by atoms with Gasteiger partial charge in [0.25, 0.3) is 5.56 Å². The van der Waals surface area contributed by atoms with Gasteiger partial charge in [0.05, 0.1) is 4.88 Å². The zero-order chi connectivity index (χ0) is 14.7. The van der Waals surface area contributed by atoms with Crippen molar-refractivity contribution in [2.24, 2.45) is 0 Å². The van der Waals surface area contributed by atoms with Crippen LogP contribution in [0.4, 0.5) is 5.69 Å². The molecule has 0 saturated heterocycles. The molecular formula is C13H16N4O2S. The smallest absolute Gasteiger partial charge is 0.290 e. The molecule has 0 aliphatic carbocycles. The fraction of sp³-hybridized carbons (Fsp3) is 0.308. The Morgan fingerprint density at radius 1 is 1.55 bits per heavy atom. The van der Waals surface area contributed by atoms with Crippen LogP contribution in [-0.4, -0.2) is 21.7 Å². The highest BCUT2D eigenvalue weighted by atomic mass is 32.1. The summed E-state index contributed by atoms with van der Waals surface area (Å²) in [5, 5.41) is 8.82. The molecular weight excluding hydrogens is 276 g/mol. The summed E-state index contributed by atoms with van der Waals surface area (Å²) in [5.74, 6) is -0.266. The zero-order valence-corrected chi connectivity index (χ0v) is 12.1. The molecule has 106 valence electrons. The largest absolute Gasteiger partial charge is 0.394 e. The predicted molar refractivity (Wildman–Crippen MR) is 79.5 cm³/mol. The van der Waals surface area contributed by atoms with Crippen LogP contribution in [-0.2, 0) is 11.3 Å². The van der Waals surface area contributed by atoms with Gasteiger partial charge in [-0.2, -0.15) is 5.10 Å². The SMILES string of the molecule is CC(C)NC(=O)Cn1nc(-c2cccs2)cc(N)c1=O. The topological polar surface area (TPSA) is 90.0 Å². The number of nitrogens with two attached hydrogens (primary N) is 1. The summed E-state index contributed by atoms with van der Waals surface area (Å²) in [6.45, 7) is 3.56. The van der Waals surface area contributed by atoms with Gasteiger partial charge in [0.15, 0.2) is 0 Å². The third-order valence-corrected chi connectivity index (χ3v) is 3.41. The molecule has 2 rings (SSSR count). The van der Waals surface area contributed by atoms with Crippen LogP contribution in [0.15, 0.2) is 28.4 Å². The number of nitrogens with zero attached hydrogens (tertiary/aromatic N) is 2. The van der Waals surface area contributed by atoms with Gasteiger partial charge in [-0.1, -0.05) is 6.07 Å². The summed E-state index contributed by atoms with van der Waals surface area (Å²) in [6.07, 6.45) is 0. The second-order valence-electron chi connectivity index (χ2n) is 4.65. The van der Waals surface area contributed by atoms with E-state index >= 15 is 0 Å². The van der Waals surface area contributed by atoms with E-state index < -0.39 is 5.56 Å². The lowest BCUT2D eigenvalue weighted by molar-refractivity contribution is -0.122. The molecule has 0 spiro atoms. The first-order chi connectivity index (χ1) is 9.47. The number of nitrogens with one attached hydrogen (secondary N) is 1. The van der Waals surface area contributed by atoms with Crippen molar-refractivity contribution < 1.29 is 4.79 Å². The minimum atomic E-state index is -0.454. The van der Waals surface area contributed by atoms with Crippen molar-refractivity contribution in [2.75, 3.05) is 5.73 Å². The Hall–Kier alpha value is -2.15. The number of hydrogen-bond donors (Lipinski definition) is 2. The van der Waals surface area contributed by atoms with Crippen LogP contribution in [0.3, 0.4) is 0 Å². The van der Waals surface area contributed by atoms with E-state index in [2.05, 4.69) is 10.4 Å². The summed E-state index contributed by atoms with van der Waals surface area (Å²) < 4.78 is 1.10. The van der Waals surface area contributed by atoms with Gasteiger partial charge in [0.1, 0.15) is 17.9 Å². The monoisotopic (exact) mass is 292 g/mol. The Morgan fingerprint density at radius 2 is 2.30 bits per heavy atom. The van der Waals surface area contributed by atoms with E-state index in [1.807, 2.05) is 31.4 Å². The Balaban J connectivity index is 2.33. The second kappa shape index (κ2) is 5.87. The van der Waals surface area contributed by atoms with Crippen LogP contribution in [0.25, 0.3) is 10.6 Å². The number of amides is 1. The molecule has 0 fully saturated rings. The first-order valence-electron chi connectivity index (χ1n) is 6.18. The number of hydrogen-bond acceptors (Lipinski definition) is 5. The van der Waals surface area contributed by atoms with E-state index in [1.165, 1.54) is 17.4 Å². The van der Waals surface area contributed by atoms with Crippen LogP contribution >= 0.6 is 11.3 Å². The van der Waals surface area contributed by atoms with E-state index in [0.29, 0.717) is 5.69 Å². The number of anilines is 1. The maximum absolute atomic E-state index is 11.9. The quantitative estimate of drug-likeness (QED) is 0.882. The van der Waals surface area contributed by atoms with Crippen LogP contribution in [0.5, 0.6) is 0 Å². The molecule has 1 amide bonds. The fourth-order valence-corrected chi connectivity index (χ4v) is 2.40. The highest BCUT2D eigenvalue weighted by molar-refractivity contribution is 7.13. The Morgan fingerprint density at radius 3 is 2.90 bits per heavy atom. The average Bonchev–Trinajstić information content (AvgIpc) is 2.87. The van der Waals surface area contributed by atoms with Gasteiger partial charge >= 0.3 is 0 Å². The minimum absolute atomic E-state index is 0.0102. The van der Waals surface area contributed by atoms with Gasteiger partial charge < -0.3 is 11.1 Å². The van der Waals surface area contributed by atoms with Crippen molar-refractivity contribution in [1.29, 1.82) is 0 Å². The van der Waals surface area contributed by atoms with E-state index in [1.54, 1.807) is 0 Å². The Kier molecular flexibility index (Phi) is 4.19. The van der Waals surface area contributed by atoms with Gasteiger partial charge in [-0.3, -0.25) is 9.59 Å². The third-order valence-electron chi connectivity index (χ3n) is 2.52. The van der Waals surface area contributed by atoms with Crippen LogP contribution in [0.1, 0.15) is 13.8 Å². The van der Waals surface area contributed by atoms with E-state index in [-0.39, 0.29) is 24.2 Å². The normalized spacial score (nSPS) is 10.8. The van der Waals surface area contributed by atoms with Crippen LogP contribution in [0.2, 0.25) is 0 Å². The first kappa shape index (κ1) is 14.3. The average molecular weight is 292 g/mol. The standard InChI is InChI=1S/C13H16N4O2S/c1-8(2)15-12(18)7-17-13(19)9(14)6-10(16-17)11-4-3-5-20-11/h3-6,8H,7,14H2,1-2H3,(H,15,18). The van der Waals surface area contributed by atoms with E-state index in [9.17, 15) is 9.59 Å². The van der Waals surface area contributed by atoms with E-state index in [0.717, 1.165) is 9.56 Å². The van der Waals surface area contributed by atoms with Gasteiger partial charge in [-0.05, 0) is 31.4 Å². The first-order valence-corrected chi connectivity index (χ1v) is 7.06. The van der Waals surface area contributed by atoms with Crippen molar-refractivity contribution in [2.45, 2.75) is 26.4 Å². The van der Waals surface area contributed by atoms with Crippen molar-refractivity contribution in [3.8, 4) is 10.6 Å². The lowest BCUT2D eigenvalue weighted by atomic mass is 10.3. The fourth-order valence-electron chi connectivity index (χ4n) is 1.72. The lowest BCUT2D eigenvalue weighted by Gasteiger charge is -2.10. The molecule has 0 aromatic carbocycles. The maximum atomic E-state index is 11.9. The predicted octanol–water partition coefficient (Wildman–Crippen LogP) is 1.08. The summed E-state index contributed by atoms with van der Waals surface area (Å²) >= 11 is 1.49. The van der Waals surface area contributed by atoms with Crippen molar-refractivity contribution in [3.63, 3.8) is 0 Å². The van der Waals surface area contributed by atoms with Gasteiger partial charge in [0, 0.05) is 6.04 Å². The van der Waals surface area contributed by atoms with Gasteiger partial charge in [-0.15, -0.1) is 11.3 Å². The number of aromatic nitrogens is 2. The summed E-state index contributed by atoms with van der Waals surface area (Å²) in [7, 11) is 0. The highest BCUT2D eigenvalue weighted by Gasteiger charge is 2.12. The number of carbonyl (C=O) groups is 1. The van der Waals surface area contributed by atoms with Crippen molar-refractivity contribution in [1.82, 2.24) is 15.1 Å². The summed E-state index contributed by atoms with van der Waals surface area (Å²) in [6, 6.07) is 5.32.